The van der Waals surface area contributed by atoms with Gasteiger partial charge in [-0.2, -0.15) is 0 Å². The number of sulfone groups is 1. The third-order valence-corrected chi connectivity index (χ3v) is 7.02. The van der Waals surface area contributed by atoms with E-state index < -0.39 is 15.1 Å². The van der Waals surface area contributed by atoms with Gasteiger partial charge in [0.15, 0.2) is 9.84 Å². The maximum atomic E-state index is 13.0. The van der Waals surface area contributed by atoms with E-state index in [2.05, 4.69) is 5.32 Å². The van der Waals surface area contributed by atoms with Crippen molar-refractivity contribution in [3.05, 3.63) is 88.6 Å². The van der Waals surface area contributed by atoms with Crippen LogP contribution < -0.4 is 5.32 Å². The fourth-order valence-corrected chi connectivity index (χ4v) is 5.29. The van der Waals surface area contributed by atoms with Gasteiger partial charge in [-0.1, -0.05) is 42.5 Å². The molecule has 128 valence electrons. The highest BCUT2D eigenvalue weighted by Gasteiger charge is 2.30. The van der Waals surface area contributed by atoms with Crippen molar-refractivity contribution < 1.29 is 13.2 Å². The summed E-state index contributed by atoms with van der Waals surface area (Å²) in [6.07, 6.45) is 0. The largest absolute Gasteiger partial charge is 0.350 e. The van der Waals surface area contributed by atoms with Crippen molar-refractivity contribution in [3.8, 4) is 0 Å². The van der Waals surface area contributed by atoms with Crippen molar-refractivity contribution in [2.45, 2.75) is 10.1 Å². The normalized spacial score (nSPS) is 12.5. The predicted molar refractivity (Wildman–Crippen MR) is 99.5 cm³/mol. The second kappa shape index (κ2) is 7.63. The Balaban J connectivity index is 1.86. The zero-order valence-corrected chi connectivity index (χ0v) is 15.0. The summed E-state index contributed by atoms with van der Waals surface area (Å²) in [7, 11) is -3.61. The highest BCUT2D eigenvalue weighted by molar-refractivity contribution is 7.91. The third kappa shape index (κ3) is 3.97. The minimum absolute atomic E-state index is 0.0193. The average molecular weight is 371 g/mol. The Labute approximate surface area is 151 Å². The number of rotatable bonds is 6. The molecule has 0 spiro atoms. The van der Waals surface area contributed by atoms with Crippen LogP contribution in [0.1, 0.15) is 20.5 Å². The van der Waals surface area contributed by atoms with Gasteiger partial charge in [0.25, 0.3) is 5.91 Å². The van der Waals surface area contributed by atoms with E-state index in [9.17, 15) is 13.2 Å². The maximum absolute atomic E-state index is 13.0. The molecule has 1 heterocycles. The van der Waals surface area contributed by atoms with Gasteiger partial charge in [-0.25, -0.2) is 8.42 Å². The molecule has 1 amide bonds. The van der Waals surface area contributed by atoms with Crippen molar-refractivity contribution in [2.75, 3.05) is 6.54 Å². The van der Waals surface area contributed by atoms with Crippen LogP contribution in [-0.2, 0) is 9.84 Å². The Morgan fingerprint density at radius 2 is 1.56 bits per heavy atom. The lowest BCUT2D eigenvalue weighted by Crippen LogP contribution is -2.31. The van der Waals surface area contributed by atoms with Crippen molar-refractivity contribution in [3.63, 3.8) is 0 Å². The summed E-state index contributed by atoms with van der Waals surface area (Å²) in [6.45, 7) is 0.0193. The van der Waals surface area contributed by atoms with Crippen molar-refractivity contribution in [2.24, 2.45) is 0 Å². The number of benzene rings is 2. The van der Waals surface area contributed by atoms with E-state index in [0.717, 1.165) is 0 Å². The van der Waals surface area contributed by atoms with Crippen molar-refractivity contribution >= 4 is 27.1 Å². The van der Waals surface area contributed by atoms with Crippen LogP contribution in [0, 0.1) is 0 Å². The molecule has 0 bridgehead atoms. The summed E-state index contributed by atoms with van der Waals surface area (Å²) < 4.78 is 26.1. The SMILES string of the molecule is O=C(NC[C@H](c1cccs1)S(=O)(=O)c1ccccc1)c1ccccc1. The average Bonchev–Trinajstić information content (AvgIpc) is 3.17. The van der Waals surface area contributed by atoms with E-state index in [-0.39, 0.29) is 17.3 Å². The molecule has 1 aromatic heterocycles. The van der Waals surface area contributed by atoms with E-state index in [1.165, 1.54) is 11.3 Å². The topological polar surface area (TPSA) is 63.2 Å². The molecule has 0 aliphatic carbocycles. The first-order valence-corrected chi connectivity index (χ1v) is 10.2. The van der Waals surface area contributed by atoms with Crippen LogP contribution in [0.5, 0.6) is 0 Å². The van der Waals surface area contributed by atoms with Crippen LogP contribution in [0.15, 0.2) is 83.1 Å². The van der Waals surface area contributed by atoms with Gasteiger partial charge in [-0.15, -0.1) is 11.3 Å². The summed E-state index contributed by atoms with van der Waals surface area (Å²) in [5, 5.41) is 3.77. The van der Waals surface area contributed by atoms with E-state index in [1.54, 1.807) is 60.7 Å². The summed E-state index contributed by atoms with van der Waals surface area (Å²) in [5.74, 6) is -0.287. The molecule has 4 nitrogen and oxygen atoms in total. The predicted octanol–water partition coefficient (Wildman–Crippen LogP) is 3.69. The molecule has 0 unspecified atom stereocenters. The number of thiophene rings is 1. The Kier molecular flexibility index (Phi) is 5.31. The molecule has 0 saturated carbocycles. The van der Waals surface area contributed by atoms with Gasteiger partial charge in [0.05, 0.1) is 4.90 Å². The first-order chi connectivity index (χ1) is 12.1. The minimum atomic E-state index is -3.61. The Morgan fingerprint density at radius 1 is 0.920 bits per heavy atom. The lowest BCUT2D eigenvalue weighted by Gasteiger charge is -2.17. The minimum Gasteiger partial charge on any atom is -0.350 e. The van der Waals surface area contributed by atoms with E-state index in [4.69, 9.17) is 0 Å². The highest BCUT2D eigenvalue weighted by Crippen LogP contribution is 2.31. The number of hydrogen-bond donors (Lipinski definition) is 1. The van der Waals surface area contributed by atoms with E-state index >= 15 is 0 Å². The highest BCUT2D eigenvalue weighted by atomic mass is 32.2. The molecule has 3 rings (SSSR count). The fourth-order valence-electron chi connectivity index (χ4n) is 2.49. The monoisotopic (exact) mass is 371 g/mol. The molecular weight excluding hydrogens is 354 g/mol. The zero-order chi connectivity index (χ0) is 17.7. The third-order valence-electron chi connectivity index (χ3n) is 3.79. The molecule has 1 N–H and O–H groups in total. The van der Waals surface area contributed by atoms with Crippen molar-refractivity contribution in [1.29, 1.82) is 0 Å². The van der Waals surface area contributed by atoms with Crippen LogP contribution in [-0.4, -0.2) is 20.9 Å². The van der Waals surface area contributed by atoms with Gasteiger partial charge < -0.3 is 5.32 Å². The van der Waals surface area contributed by atoms with Gasteiger partial charge in [-0.3, -0.25) is 4.79 Å². The molecule has 3 aromatic rings. The summed E-state index contributed by atoms with van der Waals surface area (Å²) in [6, 6.07) is 20.7. The van der Waals surface area contributed by atoms with Crippen LogP contribution in [0.2, 0.25) is 0 Å². The summed E-state index contributed by atoms with van der Waals surface area (Å²) in [4.78, 5) is 13.2. The molecule has 0 fully saturated rings. The number of carbonyl (C=O) groups is 1. The van der Waals surface area contributed by atoms with Gasteiger partial charge in [0, 0.05) is 17.0 Å². The number of nitrogens with one attached hydrogen (secondary N) is 1. The Bertz CT molecular complexity index is 921. The first kappa shape index (κ1) is 17.4. The smallest absolute Gasteiger partial charge is 0.251 e. The molecule has 25 heavy (non-hydrogen) atoms. The van der Waals surface area contributed by atoms with Crippen LogP contribution in [0.3, 0.4) is 0 Å². The van der Waals surface area contributed by atoms with Crippen molar-refractivity contribution in [1.82, 2.24) is 5.32 Å². The molecule has 0 radical (unpaired) electrons. The first-order valence-electron chi connectivity index (χ1n) is 7.74. The molecular formula is C19H17NO3S2. The maximum Gasteiger partial charge on any atom is 0.251 e. The molecule has 2 aromatic carbocycles. The summed E-state index contributed by atoms with van der Waals surface area (Å²) >= 11 is 1.37. The van der Waals surface area contributed by atoms with E-state index in [0.29, 0.717) is 10.4 Å². The standard InChI is InChI=1S/C19H17NO3S2/c21-19(15-8-3-1-4-9-15)20-14-18(17-12-7-13-24-17)25(22,23)16-10-5-2-6-11-16/h1-13,18H,14H2,(H,20,21)/t18-/m1/s1. The lowest BCUT2D eigenvalue weighted by atomic mass is 10.2. The quantitative estimate of drug-likeness (QED) is 0.719. The molecule has 0 saturated heterocycles. The molecule has 1 atom stereocenters. The lowest BCUT2D eigenvalue weighted by molar-refractivity contribution is 0.0953. The Hall–Kier alpha value is -2.44. The second-order valence-corrected chi connectivity index (χ2v) is 8.55. The van der Waals surface area contributed by atoms with Gasteiger partial charge in [0.2, 0.25) is 0 Å². The fraction of sp³-hybridized carbons (Fsp3) is 0.105. The van der Waals surface area contributed by atoms with Gasteiger partial charge >= 0.3 is 0 Å². The molecule has 0 aliphatic heterocycles. The number of carbonyl (C=O) groups excluding carboxylic acids is 1. The number of hydrogen-bond acceptors (Lipinski definition) is 4. The molecule has 0 aliphatic rings. The van der Waals surface area contributed by atoms with Gasteiger partial charge in [0.1, 0.15) is 5.25 Å². The molecule has 6 heteroatoms. The Morgan fingerprint density at radius 3 is 2.16 bits per heavy atom. The number of amides is 1. The van der Waals surface area contributed by atoms with E-state index in [1.807, 2.05) is 17.5 Å². The van der Waals surface area contributed by atoms with Crippen LogP contribution >= 0.6 is 11.3 Å². The second-order valence-electron chi connectivity index (χ2n) is 5.44. The van der Waals surface area contributed by atoms with Gasteiger partial charge in [-0.05, 0) is 35.7 Å². The zero-order valence-electron chi connectivity index (χ0n) is 13.3. The van der Waals surface area contributed by atoms with Crippen LogP contribution in [0.25, 0.3) is 0 Å². The van der Waals surface area contributed by atoms with Crippen LogP contribution in [0.4, 0.5) is 0 Å². The summed E-state index contributed by atoms with van der Waals surface area (Å²) in [5.41, 5.74) is 0.504.